The Morgan fingerprint density at radius 1 is 1.25 bits per heavy atom. The van der Waals surface area contributed by atoms with E-state index in [4.69, 9.17) is 0 Å². The summed E-state index contributed by atoms with van der Waals surface area (Å²) < 4.78 is 1.86. The first-order valence-electron chi connectivity index (χ1n) is 8.49. The lowest BCUT2D eigenvalue weighted by Gasteiger charge is -2.25. The number of hydrogen-bond donors (Lipinski definition) is 0. The van der Waals surface area contributed by atoms with E-state index < -0.39 is 0 Å². The molecule has 7 heteroatoms. The molecule has 126 valence electrons. The molecule has 1 amide bonds. The van der Waals surface area contributed by atoms with Crippen LogP contribution in [0.25, 0.3) is 0 Å². The summed E-state index contributed by atoms with van der Waals surface area (Å²) in [6, 6.07) is 9.17. The summed E-state index contributed by atoms with van der Waals surface area (Å²) in [6.07, 6.45) is 4.37. The first-order chi connectivity index (χ1) is 11.7. The van der Waals surface area contributed by atoms with Gasteiger partial charge in [0.25, 0.3) is 0 Å². The van der Waals surface area contributed by atoms with Gasteiger partial charge in [0.15, 0.2) is 0 Å². The predicted octanol–water partition coefficient (Wildman–Crippen LogP) is 2.77. The average molecular weight is 343 g/mol. The lowest BCUT2D eigenvalue weighted by molar-refractivity contribution is -0.129. The number of tetrazole rings is 1. The maximum Gasteiger partial charge on any atom is 0.233 e. The number of amides is 1. The summed E-state index contributed by atoms with van der Waals surface area (Å²) in [6.45, 7) is 2.92. The maximum absolute atomic E-state index is 12.7. The highest BCUT2D eigenvalue weighted by Gasteiger charge is 2.31. The second-order valence-electron chi connectivity index (χ2n) is 6.58. The third-order valence-corrected chi connectivity index (χ3v) is 5.63. The van der Waals surface area contributed by atoms with Crippen molar-refractivity contribution in [2.75, 3.05) is 12.3 Å². The largest absolute Gasteiger partial charge is 0.335 e. The summed E-state index contributed by atoms with van der Waals surface area (Å²) >= 11 is 1.45. The molecule has 1 aromatic carbocycles. The molecule has 2 aromatic rings. The fourth-order valence-corrected chi connectivity index (χ4v) is 4.07. The number of likely N-dealkylation sites (tertiary alicyclic amines) is 1. The minimum Gasteiger partial charge on any atom is -0.335 e. The van der Waals surface area contributed by atoms with Gasteiger partial charge in [-0.25, -0.2) is 4.68 Å². The van der Waals surface area contributed by atoms with Gasteiger partial charge in [-0.2, -0.15) is 0 Å². The van der Waals surface area contributed by atoms with E-state index in [1.807, 2.05) is 9.58 Å². The molecule has 0 bridgehead atoms. The van der Waals surface area contributed by atoms with Crippen LogP contribution in [-0.2, 0) is 4.79 Å². The van der Waals surface area contributed by atoms with Gasteiger partial charge in [-0.1, -0.05) is 41.6 Å². The molecule has 1 atom stereocenters. The zero-order chi connectivity index (χ0) is 16.5. The van der Waals surface area contributed by atoms with Gasteiger partial charge in [-0.15, -0.1) is 5.10 Å². The highest BCUT2D eigenvalue weighted by atomic mass is 32.2. The molecule has 0 N–H and O–H groups in total. The van der Waals surface area contributed by atoms with Crippen LogP contribution in [0.4, 0.5) is 0 Å². The highest BCUT2D eigenvalue weighted by Crippen LogP contribution is 2.37. The molecule has 24 heavy (non-hydrogen) atoms. The highest BCUT2D eigenvalue weighted by molar-refractivity contribution is 7.99. The summed E-state index contributed by atoms with van der Waals surface area (Å²) in [5.74, 6) is 0.573. The molecule has 2 aliphatic rings. The molecular weight excluding hydrogens is 322 g/mol. The van der Waals surface area contributed by atoms with Gasteiger partial charge < -0.3 is 4.90 Å². The first-order valence-corrected chi connectivity index (χ1v) is 9.47. The van der Waals surface area contributed by atoms with Crippen molar-refractivity contribution in [3.8, 4) is 0 Å². The molecule has 0 radical (unpaired) electrons. The van der Waals surface area contributed by atoms with E-state index in [1.165, 1.54) is 22.9 Å². The summed E-state index contributed by atoms with van der Waals surface area (Å²) in [5, 5.41) is 12.6. The zero-order valence-electron chi connectivity index (χ0n) is 13.8. The normalized spacial score (nSPS) is 20.5. The predicted molar refractivity (Wildman–Crippen MR) is 91.7 cm³/mol. The standard InChI is InChI=1S/C17H21N5OS/c1-12-4-6-13(7-5-12)15-3-2-10-21(15)16(23)11-24-17-18-19-20-22(17)14-8-9-14/h4-7,14-15H,2-3,8-11H2,1H3/t15-/m1/s1. The summed E-state index contributed by atoms with van der Waals surface area (Å²) in [7, 11) is 0. The Morgan fingerprint density at radius 3 is 2.79 bits per heavy atom. The monoisotopic (exact) mass is 343 g/mol. The van der Waals surface area contributed by atoms with Gasteiger partial charge in [0.1, 0.15) is 0 Å². The van der Waals surface area contributed by atoms with Crippen molar-refractivity contribution in [2.45, 2.75) is 49.8 Å². The number of nitrogens with zero attached hydrogens (tertiary/aromatic N) is 5. The van der Waals surface area contributed by atoms with Crippen LogP contribution in [0.15, 0.2) is 29.4 Å². The Balaban J connectivity index is 1.41. The molecule has 1 saturated carbocycles. The van der Waals surface area contributed by atoms with Crippen LogP contribution in [0.3, 0.4) is 0 Å². The quantitative estimate of drug-likeness (QED) is 0.781. The Bertz CT molecular complexity index is 725. The van der Waals surface area contributed by atoms with Crippen LogP contribution in [0.5, 0.6) is 0 Å². The van der Waals surface area contributed by atoms with Crippen LogP contribution in [0.1, 0.15) is 48.9 Å². The molecule has 0 spiro atoms. The fourth-order valence-electron chi connectivity index (χ4n) is 3.24. The number of benzene rings is 1. The minimum atomic E-state index is 0.174. The molecule has 1 saturated heterocycles. The Hall–Kier alpha value is -1.89. The minimum absolute atomic E-state index is 0.174. The zero-order valence-corrected chi connectivity index (χ0v) is 14.6. The van der Waals surface area contributed by atoms with E-state index in [2.05, 4.69) is 46.7 Å². The maximum atomic E-state index is 12.7. The lowest BCUT2D eigenvalue weighted by Crippen LogP contribution is -2.32. The molecular formula is C17H21N5OS. The molecule has 2 fully saturated rings. The molecule has 4 rings (SSSR count). The molecule has 1 aliphatic heterocycles. The lowest BCUT2D eigenvalue weighted by atomic mass is 10.0. The smallest absolute Gasteiger partial charge is 0.233 e. The number of carbonyl (C=O) groups is 1. The molecule has 6 nitrogen and oxygen atoms in total. The summed E-state index contributed by atoms with van der Waals surface area (Å²) in [5.41, 5.74) is 2.48. The number of rotatable bonds is 5. The van der Waals surface area contributed by atoms with Crippen molar-refractivity contribution in [3.63, 3.8) is 0 Å². The van der Waals surface area contributed by atoms with E-state index in [1.54, 1.807) is 0 Å². The van der Waals surface area contributed by atoms with Gasteiger partial charge in [0, 0.05) is 6.54 Å². The number of carbonyl (C=O) groups excluding carboxylic acids is 1. The van der Waals surface area contributed by atoms with E-state index in [0.717, 1.165) is 37.4 Å². The third kappa shape index (κ3) is 3.17. The Labute approximate surface area is 145 Å². The third-order valence-electron chi connectivity index (χ3n) is 4.72. The number of thioether (sulfide) groups is 1. The van der Waals surface area contributed by atoms with Gasteiger partial charge in [0.2, 0.25) is 11.1 Å². The van der Waals surface area contributed by atoms with Crippen molar-refractivity contribution in [1.29, 1.82) is 0 Å². The summed E-state index contributed by atoms with van der Waals surface area (Å²) in [4.78, 5) is 14.7. The average Bonchev–Trinajstić information content (AvgIpc) is 3.12. The van der Waals surface area contributed by atoms with Crippen LogP contribution in [-0.4, -0.2) is 43.3 Å². The Morgan fingerprint density at radius 2 is 2.04 bits per heavy atom. The number of aryl methyl sites for hydroxylation is 1. The van der Waals surface area contributed by atoms with Crippen molar-refractivity contribution in [2.24, 2.45) is 0 Å². The van der Waals surface area contributed by atoms with Crippen LogP contribution < -0.4 is 0 Å². The molecule has 1 aromatic heterocycles. The van der Waals surface area contributed by atoms with Crippen LogP contribution >= 0.6 is 11.8 Å². The fraction of sp³-hybridized carbons (Fsp3) is 0.529. The number of aromatic nitrogens is 4. The molecule has 2 heterocycles. The van der Waals surface area contributed by atoms with Crippen LogP contribution in [0, 0.1) is 6.92 Å². The van der Waals surface area contributed by atoms with E-state index in [9.17, 15) is 4.79 Å². The Kier molecular flexibility index (Phi) is 4.26. The van der Waals surface area contributed by atoms with Gasteiger partial charge in [-0.3, -0.25) is 4.79 Å². The van der Waals surface area contributed by atoms with E-state index in [-0.39, 0.29) is 11.9 Å². The van der Waals surface area contributed by atoms with Crippen molar-refractivity contribution in [1.82, 2.24) is 25.1 Å². The van der Waals surface area contributed by atoms with Crippen molar-refractivity contribution >= 4 is 17.7 Å². The number of hydrogen-bond acceptors (Lipinski definition) is 5. The SMILES string of the molecule is Cc1ccc([C@H]2CCCN2C(=O)CSc2nnnn2C2CC2)cc1. The van der Waals surface area contributed by atoms with Crippen molar-refractivity contribution < 1.29 is 4.79 Å². The van der Waals surface area contributed by atoms with E-state index >= 15 is 0 Å². The van der Waals surface area contributed by atoms with Crippen molar-refractivity contribution in [3.05, 3.63) is 35.4 Å². The second kappa shape index (κ2) is 6.55. The van der Waals surface area contributed by atoms with E-state index in [0.29, 0.717) is 11.8 Å². The molecule has 0 unspecified atom stereocenters. The second-order valence-corrected chi connectivity index (χ2v) is 7.52. The van der Waals surface area contributed by atoms with Crippen LogP contribution in [0.2, 0.25) is 0 Å². The van der Waals surface area contributed by atoms with Gasteiger partial charge >= 0.3 is 0 Å². The van der Waals surface area contributed by atoms with Gasteiger partial charge in [-0.05, 0) is 48.6 Å². The molecule has 1 aliphatic carbocycles. The topological polar surface area (TPSA) is 63.9 Å². The first kappa shape index (κ1) is 15.6. The van der Waals surface area contributed by atoms with Gasteiger partial charge in [0.05, 0.1) is 17.8 Å².